The predicted molar refractivity (Wildman–Crippen MR) is 86.4 cm³/mol. The number of carboxylic acid groups (broad SMARTS) is 1. The molecule has 1 rings (SSSR count). The van der Waals surface area contributed by atoms with Crippen LogP contribution >= 0.6 is 0 Å². The number of carbonyl (C=O) groups is 1. The van der Waals surface area contributed by atoms with Crippen LogP contribution in [-0.2, 0) is 11.3 Å². The largest absolute Gasteiger partial charge is 0.488 e. The number of hydrogen-bond acceptors (Lipinski definition) is 3. The van der Waals surface area contributed by atoms with Crippen molar-refractivity contribution in [2.24, 2.45) is 0 Å². The highest BCUT2D eigenvalue weighted by Gasteiger charge is 2.05. The summed E-state index contributed by atoms with van der Waals surface area (Å²) >= 11 is 0. The number of aromatic nitrogens is 1. The molecule has 0 saturated heterocycles. The molecule has 22 heavy (non-hydrogen) atoms. The lowest BCUT2D eigenvalue weighted by molar-refractivity contribution is -0.137. The molecule has 5 heteroatoms. The Bertz CT molecular complexity index is 496. The van der Waals surface area contributed by atoms with Gasteiger partial charge in [0.1, 0.15) is 0 Å². The fourth-order valence-corrected chi connectivity index (χ4v) is 2.26. The van der Waals surface area contributed by atoms with Crippen molar-refractivity contribution >= 4 is 5.97 Å². The van der Waals surface area contributed by atoms with Gasteiger partial charge in [-0.2, -0.15) is 0 Å². The van der Waals surface area contributed by atoms with Crippen molar-refractivity contribution in [1.82, 2.24) is 4.57 Å². The van der Waals surface area contributed by atoms with E-state index in [2.05, 4.69) is 6.92 Å². The molecule has 0 aliphatic heterocycles. The van der Waals surface area contributed by atoms with Gasteiger partial charge >= 0.3 is 5.97 Å². The average Bonchev–Trinajstić information content (AvgIpc) is 2.50. The van der Waals surface area contributed by atoms with E-state index in [-0.39, 0.29) is 18.5 Å². The van der Waals surface area contributed by atoms with Crippen molar-refractivity contribution in [2.45, 2.75) is 64.8 Å². The molecule has 124 valence electrons. The van der Waals surface area contributed by atoms with Gasteiger partial charge in [0.2, 0.25) is 0 Å². The van der Waals surface area contributed by atoms with Crippen LogP contribution in [0.15, 0.2) is 23.1 Å². The van der Waals surface area contributed by atoms with Crippen molar-refractivity contribution < 1.29 is 14.6 Å². The van der Waals surface area contributed by atoms with E-state index in [1.54, 1.807) is 18.3 Å². The molecule has 0 aromatic carbocycles. The Morgan fingerprint density at radius 3 is 2.55 bits per heavy atom. The van der Waals surface area contributed by atoms with Crippen molar-refractivity contribution in [3.63, 3.8) is 0 Å². The number of rotatable bonds is 12. The maximum absolute atomic E-state index is 12.1. The molecule has 0 amide bonds. The molecule has 0 radical (unpaired) electrons. The highest BCUT2D eigenvalue weighted by molar-refractivity contribution is 5.66. The average molecular weight is 309 g/mol. The molecule has 5 nitrogen and oxygen atoms in total. The Kier molecular flexibility index (Phi) is 9.03. The van der Waals surface area contributed by atoms with Crippen molar-refractivity contribution in [3.8, 4) is 5.75 Å². The van der Waals surface area contributed by atoms with Crippen LogP contribution in [0.4, 0.5) is 0 Å². The minimum Gasteiger partial charge on any atom is -0.488 e. The standard InChI is InChI=1S/C17H27NO4/c1-2-3-4-5-6-7-8-14-22-15-10-9-12-18(17(15)21)13-11-16(19)20/h9-10,12H,2-8,11,13-14H2,1H3,(H,19,20). The van der Waals surface area contributed by atoms with Gasteiger partial charge in [0.05, 0.1) is 13.0 Å². The fraction of sp³-hybridized carbons (Fsp3) is 0.647. The third-order valence-electron chi connectivity index (χ3n) is 3.56. The third-order valence-corrected chi connectivity index (χ3v) is 3.56. The number of aliphatic carboxylic acids is 1. The summed E-state index contributed by atoms with van der Waals surface area (Å²) in [5.41, 5.74) is -0.258. The van der Waals surface area contributed by atoms with Crippen LogP contribution in [-0.4, -0.2) is 22.2 Å². The summed E-state index contributed by atoms with van der Waals surface area (Å²) in [6.45, 7) is 2.91. The van der Waals surface area contributed by atoms with Gasteiger partial charge in [0.25, 0.3) is 5.56 Å². The first-order valence-electron chi connectivity index (χ1n) is 8.19. The zero-order valence-corrected chi connectivity index (χ0v) is 13.4. The highest BCUT2D eigenvalue weighted by Crippen LogP contribution is 2.08. The smallest absolute Gasteiger partial charge is 0.305 e. The molecular weight excluding hydrogens is 282 g/mol. The molecule has 0 unspecified atom stereocenters. The van der Waals surface area contributed by atoms with Gasteiger partial charge in [0, 0.05) is 12.7 Å². The van der Waals surface area contributed by atoms with Gasteiger partial charge in [0.15, 0.2) is 5.75 Å². The molecule has 0 atom stereocenters. The van der Waals surface area contributed by atoms with Gasteiger partial charge in [-0.25, -0.2) is 0 Å². The van der Waals surface area contributed by atoms with Gasteiger partial charge in [-0.05, 0) is 18.6 Å². The summed E-state index contributed by atoms with van der Waals surface area (Å²) in [4.78, 5) is 22.6. The van der Waals surface area contributed by atoms with Gasteiger partial charge in [-0.15, -0.1) is 0 Å². The number of aryl methyl sites for hydroxylation is 1. The number of hydrogen-bond donors (Lipinski definition) is 1. The first-order chi connectivity index (χ1) is 10.6. The topological polar surface area (TPSA) is 68.5 Å². The quantitative estimate of drug-likeness (QED) is 0.600. The van der Waals surface area contributed by atoms with Crippen LogP contribution in [0, 0.1) is 0 Å². The van der Waals surface area contributed by atoms with Crippen molar-refractivity contribution in [3.05, 3.63) is 28.7 Å². The lowest BCUT2D eigenvalue weighted by atomic mass is 10.1. The van der Waals surface area contributed by atoms with E-state index in [0.29, 0.717) is 12.4 Å². The van der Waals surface area contributed by atoms with Gasteiger partial charge < -0.3 is 14.4 Å². The molecule has 0 saturated carbocycles. The number of pyridine rings is 1. The Balaban J connectivity index is 2.29. The van der Waals surface area contributed by atoms with E-state index in [4.69, 9.17) is 9.84 Å². The molecule has 1 aromatic heterocycles. The zero-order chi connectivity index (χ0) is 16.2. The summed E-state index contributed by atoms with van der Waals surface area (Å²) in [6.07, 6.45) is 9.90. The molecule has 1 N–H and O–H groups in total. The highest BCUT2D eigenvalue weighted by atomic mass is 16.5. The number of nitrogens with zero attached hydrogens (tertiary/aromatic N) is 1. The first-order valence-corrected chi connectivity index (χ1v) is 8.19. The summed E-state index contributed by atoms with van der Waals surface area (Å²) in [7, 11) is 0. The minimum atomic E-state index is -0.915. The van der Waals surface area contributed by atoms with E-state index >= 15 is 0 Å². The second-order valence-corrected chi connectivity index (χ2v) is 5.48. The molecular formula is C17H27NO4. The monoisotopic (exact) mass is 309 g/mol. The van der Waals surface area contributed by atoms with Crippen LogP contribution in [0.2, 0.25) is 0 Å². The van der Waals surface area contributed by atoms with E-state index in [0.717, 1.165) is 12.8 Å². The molecule has 1 aromatic rings. The maximum Gasteiger partial charge on any atom is 0.305 e. The first kappa shape index (κ1) is 18.3. The molecule has 1 heterocycles. The SMILES string of the molecule is CCCCCCCCCOc1cccn(CCC(=O)O)c1=O. The predicted octanol–water partition coefficient (Wildman–Crippen LogP) is 3.45. The Morgan fingerprint density at radius 1 is 1.18 bits per heavy atom. The summed E-state index contributed by atoms with van der Waals surface area (Å²) < 4.78 is 6.91. The number of carboxylic acids is 1. The van der Waals surface area contributed by atoms with Crippen molar-refractivity contribution in [1.29, 1.82) is 0 Å². The van der Waals surface area contributed by atoms with Crippen LogP contribution in [0.3, 0.4) is 0 Å². The molecule has 0 aliphatic rings. The third kappa shape index (κ3) is 7.29. The Labute approximate surface area is 131 Å². The number of unbranched alkanes of at least 4 members (excludes halogenated alkanes) is 6. The van der Waals surface area contributed by atoms with Gasteiger partial charge in [-0.3, -0.25) is 9.59 Å². The molecule has 0 spiro atoms. The Morgan fingerprint density at radius 2 is 1.86 bits per heavy atom. The zero-order valence-electron chi connectivity index (χ0n) is 13.4. The van der Waals surface area contributed by atoms with E-state index in [1.807, 2.05) is 0 Å². The van der Waals surface area contributed by atoms with Crippen LogP contribution in [0.25, 0.3) is 0 Å². The van der Waals surface area contributed by atoms with Crippen LogP contribution in [0.5, 0.6) is 5.75 Å². The van der Waals surface area contributed by atoms with E-state index in [9.17, 15) is 9.59 Å². The Hall–Kier alpha value is -1.78. The second kappa shape index (κ2) is 10.9. The van der Waals surface area contributed by atoms with Crippen LogP contribution in [0.1, 0.15) is 58.3 Å². The lowest BCUT2D eigenvalue weighted by Gasteiger charge is -2.08. The summed E-state index contributed by atoms with van der Waals surface area (Å²) in [6, 6.07) is 3.35. The van der Waals surface area contributed by atoms with E-state index in [1.165, 1.54) is 36.7 Å². The maximum atomic E-state index is 12.1. The van der Waals surface area contributed by atoms with Crippen LogP contribution < -0.4 is 10.3 Å². The fourth-order valence-electron chi connectivity index (χ4n) is 2.26. The lowest BCUT2D eigenvalue weighted by Crippen LogP contribution is -2.22. The molecule has 0 fully saturated rings. The second-order valence-electron chi connectivity index (χ2n) is 5.48. The van der Waals surface area contributed by atoms with Crippen molar-refractivity contribution in [2.75, 3.05) is 6.61 Å². The molecule has 0 aliphatic carbocycles. The summed E-state index contributed by atoms with van der Waals surface area (Å²) in [5, 5.41) is 8.67. The minimum absolute atomic E-state index is 0.0683. The number of ether oxygens (including phenoxy) is 1. The normalized spacial score (nSPS) is 10.6. The van der Waals surface area contributed by atoms with Gasteiger partial charge in [-0.1, -0.05) is 45.4 Å². The summed E-state index contributed by atoms with van der Waals surface area (Å²) in [5.74, 6) is -0.611. The molecule has 0 bridgehead atoms. The van der Waals surface area contributed by atoms with E-state index < -0.39 is 5.97 Å².